The van der Waals surface area contributed by atoms with Crippen LogP contribution in [0.1, 0.15) is 41.6 Å². The molecule has 3 aromatic rings. The van der Waals surface area contributed by atoms with Crippen molar-refractivity contribution in [3.05, 3.63) is 71.0 Å². The van der Waals surface area contributed by atoms with E-state index >= 15 is 0 Å². The maximum absolute atomic E-state index is 12.8. The number of carbonyl (C=O) groups is 1. The van der Waals surface area contributed by atoms with Gasteiger partial charge in [0.1, 0.15) is 5.58 Å². The molecule has 25 heavy (non-hydrogen) atoms. The van der Waals surface area contributed by atoms with Gasteiger partial charge < -0.3 is 9.32 Å². The second-order valence-electron chi connectivity index (χ2n) is 7.00. The summed E-state index contributed by atoms with van der Waals surface area (Å²) in [6.45, 7) is 2.06. The maximum Gasteiger partial charge on any atom is 0.227 e. The molecule has 1 amide bonds. The van der Waals surface area contributed by atoms with E-state index in [9.17, 15) is 4.79 Å². The summed E-state index contributed by atoms with van der Waals surface area (Å²) < 4.78 is 5.73. The Kier molecular flexibility index (Phi) is 4.08. The lowest BCUT2D eigenvalue weighted by Gasteiger charge is -2.25. The Bertz CT molecular complexity index is 910. The van der Waals surface area contributed by atoms with Crippen molar-refractivity contribution in [1.29, 1.82) is 0 Å². The number of benzene rings is 2. The lowest BCUT2D eigenvalue weighted by Crippen LogP contribution is -2.30. The molecular weight excluding hydrogens is 310 g/mol. The Hall–Kier alpha value is -2.55. The average molecular weight is 333 g/mol. The SMILES string of the molecule is CC(c1ccccc1)N(C)C(=O)Cc1coc2cc3c(cc12)CCC3. The lowest BCUT2D eigenvalue weighted by atomic mass is 10.0. The predicted molar refractivity (Wildman–Crippen MR) is 99.6 cm³/mol. The highest BCUT2D eigenvalue weighted by Gasteiger charge is 2.21. The van der Waals surface area contributed by atoms with Gasteiger partial charge >= 0.3 is 0 Å². The third-order valence-corrected chi connectivity index (χ3v) is 5.47. The summed E-state index contributed by atoms with van der Waals surface area (Å²) in [4.78, 5) is 14.6. The van der Waals surface area contributed by atoms with Gasteiger partial charge in [-0.3, -0.25) is 4.79 Å². The molecule has 0 radical (unpaired) electrons. The number of rotatable bonds is 4. The van der Waals surface area contributed by atoms with Crippen molar-refractivity contribution in [1.82, 2.24) is 4.90 Å². The fourth-order valence-corrected chi connectivity index (χ4v) is 3.74. The number of aryl methyl sites for hydroxylation is 2. The van der Waals surface area contributed by atoms with Gasteiger partial charge in [-0.25, -0.2) is 0 Å². The van der Waals surface area contributed by atoms with E-state index in [-0.39, 0.29) is 11.9 Å². The van der Waals surface area contributed by atoms with Crippen LogP contribution in [-0.2, 0) is 24.1 Å². The number of furan rings is 1. The lowest BCUT2D eigenvalue weighted by molar-refractivity contribution is -0.131. The molecular formula is C22H23NO2. The number of likely N-dealkylation sites (N-methyl/N-ethyl adjacent to an activating group) is 1. The van der Waals surface area contributed by atoms with Gasteiger partial charge in [0, 0.05) is 18.0 Å². The predicted octanol–water partition coefficient (Wildman–Crippen LogP) is 4.68. The zero-order valence-electron chi connectivity index (χ0n) is 14.8. The molecule has 0 fully saturated rings. The van der Waals surface area contributed by atoms with Gasteiger partial charge in [-0.15, -0.1) is 0 Å². The molecule has 0 bridgehead atoms. The van der Waals surface area contributed by atoms with Crippen LogP contribution in [0.4, 0.5) is 0 Å². The minimum atomic E-state index is 0.0520. The van der Waals surface area contributed by atoms with Crippen molar-refractivity contribution >= 4 is 16.9 Å². The van der Waals surface area contributed by atoms with Crippen LogP contribution >= 0.6 is 0 Å². The van der Waals surface area contributed by atoms with E-state index in [2.05, 4.69) is 31.2 Å². The largest absolute Gasteiger partial charge is 0.464 e. The first-order valence-corrected chi connectivity index (χ1v) is 8.96. The summed E-state index contributed by atoms with van der Waals surface area (Å²) in [6, 6.07) is 14.6. The van der Waals surface area contributed by atoms with Crippen molar-refractivity contribution in [3.8, 4) is 0 Å². The Morgan fingerprint density at radius 1 is 1.16 bits per heavy atom. The maximum atomic E-state index is 12.8. The van der Waals surface area contributed by atoms with Crippen molar-refractivity contribution in [2.75, 3.05) is 7.05 Å². The van der Waals surface area contributed by atoms with Gasteiger partial charge in [0.05, 0.1) is 18.7 Å². The molecule has 3 nitrogen and oxygen atoms in total. The number of nitrogens with zero attached hydrogens (tertiary/aromatic N) is 1. The third-order valence-electron chi connectivity index (χ3n) is 5.47. The molecule has 0 saturated carbocycles. The van der Waals surface area contributed by atoms with Crippen LogP contribution in [-0.4, -0.2) is 17.9 Å². The fourth-order valence-electron chi connectivity index (χ4n) is 3.74. The minimum Gasteiger partial charge on any atom is -0.464 e. The number of hydrogen-bond acceptors (Lipinski definition) is 2. The third kappa shape index (κ3) is 2.95. The fraction of sp³-hybridized carbons (Fsp3) is 0.318. The molecule has 4 rings (SSSR count). The summed E-state index contributed by atoms with van der Waals surface area (Å²) in [5.41, 5.74) is 5.85. The summed E-state index contributed by atoms with van der Waals surface area (Å²) in [5.74, 6) is 0.111. The summed E-state index contributed by atoms with van der Waals surface area (Å²) in [6.07, 6.45) is 5.61. The van der Waals surface area contributed by atoms with E-state index in [0.29, 0.717) is 6.42 Å². The molecule has 1 heterocycles. The highest BCUT2D eigenvalue weighted by atomic mass is 16.3. The van der Waals surface area contributed by atoms with Crippen molar-refractivity contribution in [2.24, 2.45) is 0 Å². The summed E-state index contributed by atoms with van der Waals surface area (Å²) in [5, 5.41) is 1.09. The Labute approximate surface area is 148 Å². The highest BCUT2D eigenvalue weighted by molar-refractivity contribution is 5.88. The quantitative estimate of drug-likeness (QED) is 0.694. The molecule has 1 atom stereocenters. The van der Waals surface area contributed by atoms with E-state index in [1.165, 1.54) is 17.5 Å². The Morgan fingerprint density at radius 2 is 1.88 bits per heavy atom. The van der Waals surface area contributed by atoms with E-state index in [0.717, 1.165) is 34.9 Å². The number of carbonyl (C=O) groups excluding carboxylic acids is 1. The van der Waals surface area contributed by atoms with Crippen LogP contribution in [0.25, 0.3) is 11.0 Å². The van der Waals surface area contributed by atoms with E-state index in [1.807, 2.05) is 30.1 Å². The molecule has 0 aliphatic heterocycles. The second kappa shape index (κ2) is 6.40. The molecule has 1 aromatic heterocycles. The van der Waals surface area contributed by atoms with E-state index in [1.54, 1.807) is 6.26 Å². The molecule has 1 aliphatic carbocycles. The van der Waals surface area contributed by atoms with Crippen LogP contribution in [0.15, 0.2) is 53.1 Å². The molecule has 0 spiro atoms. The van der Waals surface area contributed by atoms with Crippen LogP contribution in [0.3, 0.4) is 0 Å². The smallest absolute Gasteiger partial charge is 0.227 e. The van der Waals surface area contributed by atoms with Crippen molar-refractivity contribution < 1.29 is 9.21 Å². The van der Waals surface area contributed by atoms with Gasteiger partial charge in [-0.2, -0.15) is 0 Å². The van der Waals surface area contributed by atoms with Gasteiger partial charge in [0.2, 0.25) is 5.91 Å². The van der Waals surface area contributed by atoms with Crippen LogP contribution < -0.4 is 0 Å². The Balaban J connectivity index is 1.55. The van der Waals surface area contributed by atoms with Gasteiger partial charge in [-0.05, 0) is 55.0 Å². The summed E-state index contributed by atoms with van der Waals surface area (Å²) in [7, 11) is 1.87. The Morgan fingerprint density at radius 3 is 2.64 bits per heavy atom. The minimum absolute atomic E-state index is 0.0520. The number of hydrogen-bond donors (Lipinski definition) is 0. The molecule has 2 aromatic carbocycles. The zero-order valence-corrected chi connectivity index (χ0v) is 14.8. The monoisotopic (exact) mass is 333 g/mol. The van der Waals surface area contributed by atoms with Crippen LogP contribution in [0, 0.1) is 0 Å². The van der Waals surface area contributed by atoms with Gasteiger partial charge in [0.25, 0.3) is 0 Å². The summed E-state index contributed by atoms with van der Waals surface area (Å²) >= 11 is 0. The normalized spacial score (nSPS) is 14.5. The molecule has 1 aliphatic rings. The van der Waals surface area contributed by atoms with Gasteiger partial charge in [-0.1, -0.05) is 30.3 Å². The first-order valence-electron chi connectivity index (χ1n) is 8.96. The molecule has 128 valence electrons. The van der Waals surface area contributed by atoms with Crippen LogP contribution in [0.5, 0.6) is 0 Å². The molecule has 0 N–H and O–H groups in total. The topological polar surface area (TPSA) is 33.5 Å². The molecule has 1 unspecified atom stereocenters. The average Bonchev–Trinajstić information content (AvgIpc) is 3.26. The molecule has 3 heteroatoms. The van der Waals surface area contributed by atoms with E-state index < -0.39 is 0 Å². The van der Waals surface area contributed by atoms with Crippen molar-refractivity contribution in [2.45, 2.75) is 38.6 Å². The first-order chi connectivity index (χ1) is 12.1. The van der Waals surface area contributed by atoms with Crippen LogP contribution in [0.2, 0.25) is 0 Å². The second-order valence-corrected chi connectivity index (χ2v) is 7.00. The molecule has 0 saturated heterocycles. The zero-order chi connectivity index (χ0) is 17.4. The highest BCUT2D eigenvalue weighted by Crippen LogP contribution is 2.31. The van der Waals surface area contributed by atoms with E-state index in [4.69, 9.17) is 4.42 Å². The van der Waals surface area contributed by atoms with Crippen molar-refractivity contribution in [3.63, 3.8) is 0 Å². The number of amides is 1. The van der Waals surface area contributed by atoms with Gasteiger partial charge in [0.15, 0.2) is 0 Å². The number of fused-ring (bicyclic) bond motifs is 2. The standard InChI is InChI=1S/C22H23NO2/c1-15(16-7-4-3-5-8-16)23(2)22(24)13-19-14-25-21-12-18-10-6-9-17(18)11-20(19)21/h3-5,7-8,11-12,14-15H,6,9-10,13H2,1-2H3. The first kappa shape index (κ1) is 15.9.